The summed E-state index contributed by atoms with van der Waals surface area (Å²) < 4.78 is 21.1. The number of hydrogen-bond acceptors (Lipinski definition) is 3. The van der Waals surface area contributed by atoms with Gasteiger partial charge in [-0.3, -0.25) is 0 Å². The van der Waals surface area contributed by atoms with E-state index in [1.807, 2.05) is 0 Å². The SMILES string of the molecule is C[C@@](Cl)([C@@H](O)c1cccc(Cl)c1)S(C)(=O)=O. The van der Waals surface area contributed by atoms with Crippen LogP contribution in [-0.2, 0) is 9.84 Å². The molecule has 6 heteroatoms. The number of alkyl halides is 1. The van der Waals surface area contributed by atoms with Crippen LogP contribution in [0, 0.1) is 0 Å². The van der Waals surface area contributed by atoms with Crippen molar-refractivity contribution < 1.29 is 13.5 Å². The predicted octanol–water partition coefficient (Wildman–Crippen LogP) is 2.37. The largest absolute Gasteiger partial charge is 0.385 e. The molecule has 0 radical (unpaired) electrons. The summed E-state index contributed by atoms with van der Waals surface area (Å²) in [6, 6.07) is 6.31. The van der Waals surface area contributed by atoms with Crippen molar-refractivity contribution in [3.8, 4) is 0 Å². The van der Waals surface area contributed by atoms with Gasteiger partial charge in [-0.1, -0.05) is 35.3 Å². The first-order chi connectivity index (χ1) is 7.16. The van der Waals surface area contributed by atoms with Crippen LogP contribution < -0.4 is 0 Å². The molecule has 90 valence electrons. The number of benzene rings is 1. The summed E-state index contributed by atoms with van der Waals surface area (Å²) in [5.74, 6) is 0. The maximum absolute atomic E-state index is 11.4. The van der Waals surface area contributed by atoms with E-state index in [9.17, 15) is 13.5 Å². The van der Waals surface area contributed by atoms with Crippen LogP contribution in [0.1, 0.15) is 18.6 Å². The van der Waals surface area contributed by atoms with Crippen LogP contribution in [0.4, 0.5) is 0 Å². The van der Waals surface area contributed by atoms with Gasteiger partial charge in [0, 0.05) is 11.3 Å². The molecule has 0 saturated carbocycles. The van der Waals surface area contributed by atoms with E-state index in [-0.39, 0.29) is 0 Å². The molecule has 0 heterocycles. The zero-order valence-electron chi connectivity index (χ0n) is 8.81. The highest BCUT2D eigenvalue weighted by molar-refractivity contribution is 7.93. The van der Waals surface area contributed by atoms with Gasteiger partial charge in [-0.15, -0.1) is 0 Å². The smallest absolute Gasteiger partial charge is 0.172 e. The second kappa shape index (κ2) is 4.53. The van der Waals surface area contributed by atoms with E-state index >= 15 is 0 Å². The van der Waals surface area contributed by atoms with E-state index < -0.39 is 20.1 Å². The Morgan fingerprint density at radius 3 is 2.44 bits per heavy atom. The highest BCUT2D eigenvalue weighted by Gasteiger charge is 2.41. The van der Waals surface area contributed by atoms with Gasteiger partial charge < -0.3 is 5.11 Å². The lowest BCUT2D eigenvalue weighted by Crippen LogP contribution is -2.35. The number of aliphatic hydroxyl groups is 1. The molecule has 1 N–H and O–H groups in total. The highest BCUT2D eigenvalue weighted by Crippen LogP contribution is 2.36. The summed E-state index contributed by atoms with van der Waals surface area (Å²) in [6.45, 7) is 1.26. The molecule has 0 amide bonds. The van der Waals surface area contributed by atoms with Crippen molar-refractivity contribution in [2.45, 2.75) is 17.2 Å². The molecule has 1 aromatic rings. The standard InChI is InChI=1S/C10H12Cl2O3S/c1-10(12,16(2,14)15)9(13)7-4-3-5-8(11)6-7/h3-6,9,13H,1-2H3/t9-,10-/m0/s1. The Morgan fingerprint density at radius 1 is 1.44 bits per heavy atom. The Balaban J connectivity index is 3.17. The minimum absolute atomic E-state index is 0.371. The Labute approximate surface area is 105 Å². The Kier molecular flexibility index (Phi) is 3.90. The molecule has 3 nitrogen and oxygen atoms in total. The van der Waals surface area contributed by atoms with Crippen molar-refractivity contribution in [3.63, 3.8) is 0 Å². The summed E-state index contributed by atoms with van der Waals surface area (Å²) >= 11 is 11.6. The van der Waals surface area contributed by atoms with E-state index in [2.05, 4.69) is 0 Å². The second-order valence-corrected chi connectivity index (χ2v) is 7.55. The highest BCUT2D eigenvalue weighted by atomic mass is 35.5. The molecule has 0 bridgehead atoms. The fourth-order valence-electron chi connectivity index (χ4n) is 1.18. The van der Waals surface area contributed by atoms with E-state index in [4.69, 9.17) is 23.2 Å². The van der Waals surface area contributed by atoms with Crippen molar-refractivity contribution in [2.24, 2.45) is 0 Å². The third-order valence-corrected chi connectivity index (χ3v) is 5.33. The van der Waals surface area contributed by atoms with Crippen molar-refractivity contribution in [1.82, 2.24) is 0 Å². The van der Waals surface area contributed by atoms with Crippen LogP contribution in [0.25, 0.3) is 0 Å². The molecule has 0 spiro atoms. The van der Waals surface area contributed by atoms with E-state index in [1.54, 1.807) is 18.2 Å². The minimum atomic E-state index is -3.59. The molecule has 2 atom stereocenters. The van der Waals surface area contributed by atoms with Crippen molar-refractivity contribution in [3.05, 3.63) is 34.9 Å². The van der Waals surface area contributed by atoms with Crippen LogP contribution in [0.2, 0.25) is 5.02 Å². The Bertz CT molecular complexity index is 483. The third kappa shape index (κ3) is 2.69. The van der Waals surface area contributed by atoms with Crippen molar-refractivity contribution in [2.75, 3.05) is 6.26 Å². The third-order valence-electron chi connectivity index (χ3n) is 2.38. The molecule has 0 unspecified atom stereocenters. The van der Waals surface area contributed by atoms with Gasteiger partial charge in [0.25, 0.3) is 0 Å². The molecule has 0 aromatic heterocycles. The molecule has 0 fully saturated rings. The first-order valence-corrected chi connectivity index (χ1v) is 7.13. The summed E-state index contributed by atoms with van der Waals surface area (Å²) in [4.78, 5) is 0. The summed E-state index contributed by atoms with van der Waals surface area (Å²) in [5, 5.41) is 10.4. The number of halogens is 2. The first kappa shape index (κ1) is 13.8. The van der Waals surface area contributed by atoms with Gasteiger partial charge >= 0.3 is 0 Å². The first-order valence-electron chi connectivity index (χ1n) is 4.48. The molecule has 1 aromatic carbocycles. The topological polar surface area (TPSA) is 54.4 Å². The quantitative estimate of drug-likeness (QED) is 0.866. The Hall–Kier alpha value is -0.290. The minimum Gasteiger partial charge on any atom is -0.385 e. The number of hydrogen-bond donors (Lipinski definition) is 1. The van der Waals surface area contributed by atoms with Crippen LogP contribution in [0.3, 0.4) is 0 Å². The van der Waals surface area contributed by atoms with Gasteiger partial charge in [-0.2, -0.15) is 0 Å². The van der Waals surface area contributed by atoms with Crippen LogP contribution in [0.5, 0.6) is 0 Å². The summed E-state index contributed by atoms with van der Waals surface area (Å²) in [6.07, 6.45) is -0.351. The second-order valence-electron chi connectivity index (χ2n) is 3.72. The number of sulfone groups is 1. The molecule has 0 saturated heterocycles. The van der Waals surface area contributed by atoms with Crippen LogP contribution in [-0.4, -0.2) is 24.0 Å². The number of aliphatic hydroxyl groups excluding tert-OH is 1. The lowest BCUT2D eigenvalue weighted by molar-refractivity contribution is 0.163. The molecule has 0 aliphatic carbocycles. The summed E-state index contributed by atoms with van der Waals surface area (Å²) in [5.41, 5.74) is 0.371. The van der Waals surface area contributed by atoms with Gasteiger partial charge in [-0.05, 0) is 24.6 Å². The van der Waals surface area contributed by atoms with E-state index in [0.717, 1.165) is 6.26 Å². The van der Waals surface area contributed by atoms with E-state index in [1.165, 1.54) is 13.0 Å². The average molecular weight is 283 g/mol. The molecule has 1 rings (SSSR count). The zero-order valence-corrected chi connectivity index (χ0v) is 11.1. The maximum Gasteiger partial charge on any atom is 0.172 e. The maximum atomic E-state index is 11.4. The molecular formula is C10H12Cl2O3S. The lowest BCUT2D eigenvalue weighted by atomic mass is 10.1. The normalized spacial score (nSPS) is 17.8. The monoisotopic (exact) mass is 282 g/mol. The van der Waals surface area contributed by atoms with Crippen LogP contribution in [0.15, 0.2) is 24.3 Å². The van der Waals surface area contributed by atoms with Crippen molar-refractivity contribution >= 4 is 33.0 Å². The van der Waals surface area contributed by atoms with Crippen molar-refractivity contribution in [1.29, 1.82) is 0 Å². The summed E-state index contributed by atoms with van der Waals surface area (Å²) in [7, 11) is -3.59. The predicted molar refractivity (Wildman–Crippen MR) is 65.5 cm³/mol. The fraction of sp³-hybridized carbons (Fsp3) is 0.400. The Morgan fingerprint density at radius 2 is 2.00 bits per heavy atom. The fourth-order valence-corrected chi connectivity index (χ4v) is 2.04. The molecular weight excluding hydrogens is 271 g/mol. The molecule has 0 aliphatic heterocycles. The average Bonchev–Trinajstić information content (AvgIpc) is 2.14. The van der Waals surface area contributed by atoms with E-state index in [0.29, 0.717) is 10.6 Å². The van der Waals surface area contributed by atoms with Gasteiger partial charge in [0.1, 0.15) is 6.10 Å². The van der Waals surface area contributed by atoms with Gasteiger partial charge in [0.2, 0.25) is 0 Å². The zero-order chi connectivity index (χ0) is 12.6. The van der Waals surface area contributed by atoms with Gasteiger partial charge in [0.15, 0.2) is 14.0 Å². The molecule has 16 heavy (non-hydrogen) atoms. The van der Waals surface area contributed by atoms with Crippen LogP contribution >= 0.6 is 23.2 Å². The number of rotatable bonds is 3. The molecule has 0 aliphatic rings. The van der Waals surface area contributed by atoms with Gasteiger partial charge in [-0.25, -0.2) is 8.42 Å². The lowest BCUT2D eigenvalue weighted by Gasteiger charge is -2.26. The van der Waals surface area contributed by atoms with Gasteiger partial charge in [0.05, 0.1) is 0 Å².